The molecule has 2 aliphatic heterocycles. The average molecular weight is 596 g/mol. The van der Waals surface area contributed by atoms with E-state index in [-0.39, 0.29) is 51.9 Å². The highest BCUT2D eigenvalue weighted by Crippen LogP contribution is 2.47. The van der Waals surface area contributed by atoms with Gasteiger partial charge in [-0.25, -0.2) is 9.78 Å². The predicted octanol–water partition coefficient (Wildman–Crippen LogP) is 5.30. The molecule has 0 spiro atoms. The minimum Gasteiger partial charge on any atom is -0.407 e. The van der Waals surface area contributed by atoms with Gasteiger partial charge in [0.25, 0.3) is 0 Å². The Kier molecular flexibility index (Phi) is 8.18. The summed E-state index contributed by atoms with van der Waals surface area (Å²) in [7, 11) is 1.68. The van der Waals surface area contributed by atoms with Gasteiger partial charge in [-0.15, -0.1) is 0 Å². The van der Waals surface area contributed by atoms with Gasteiger partial charge in [0.1, 0.15) is 0 Å². The molecule has 0 N–H and O–H groups in total. The number of allylic oxidation sites excluding steroid dienone is 4. The monoisotopic (exact) mass is 594 g/mol. The SMILES string of the molecule is CN(C(=O)Oc1cccnc1Cl)[C@@H]1CN(C(=O)C2CCN(C(=O)C3(C)CC3)CC2)C[C@H]1C1C=C(Cl)C(Cl)=CC1. The van der Waals surface area contributed by atoms with Crippen molar-refractivity contribution in [3.05, 3.63) is 45.7 Å². The van der Waals surface area contributed by atoms with Crippen LogP contribution in [0.25, 0.3) is 0 Å². The highest BCUT2D eigenvalue weighted by atomic mass is 35.5. The van der Waals surface area contributed by atoms with Gasteiger partial charge < -0.3 is 19.4 Å². The summed E-state index contributed by atoms with van der Waals surface area (Å²) in [6.45, 7) is 4.10. The number of halogens is 3. The summed E-state index contributed by atoms with van der Waals surface area (Å²) in [5.74, 6) is 0.253. The summed E-state index contributed by atoms with van der Waals surface area (Å²) in [6, 6.07) is 2.92. The number of nitrogens with zero attached hydrogens (tertiary/aromatic N) is 4. The topological polar surface area (TPSA) is 83.1 Å². The molecule has 2 aliphatic carbocycles. The quantitative estimate of drug-likeness (QED) is 0.432. The third-order valence-electron chi connectivity index (χ3n) is 8.71. The number of pyridine rings is 1. The van der Waals surface area contributed by atoms with E-state index in [1.54, 1.807) is 24.1 Å². The van der Waals surface area contributed by atoms with Crippen LogP contribution in [0.5, 0.6) is 5.75 Å². The van der Waals surface area contributed by atoms with Crippen LogP contribution in [0.3, 0.4) is 0 Å². The molecule has 3 fully saturated rings. The minimum atomic E-state index is -0.575. The van der Waals surface area contributed by atoms with Crippen LogP contribution in [0.1, 0.15) is 39.0 Å². The van der Waals surface area contributed by atoms with Gasteiger partial charge >= 0.3 is 6.09 Å². The van der Waals surface area contributed by atoms with Crippen molar-refractivity contribution in [3.8, 4) is 5.75 Å². The number of rotatable bonds is 5. The highest BCUT2D eigenvalue weighted by Gasteiger charge is 2.49. The van der Waals surface area contributed by atoms with Crippen LogP contribution in [0.2, 0.25) is 5.15 Å². The maximum absolute atomic E-state index is 13.7. The standard InChI is InChI=1S/C28H33Cl3N4O4/c1-28(9-10-28)26(37)34-12-7-17(8-13-34)25(36)35-15-19(18-5-6-20(29)21(30)14-18)22(16-35)33(2)27(38)39-23-4-3-11-32-24(23)31/h3-4,6,11,14,17-19,22H,5,7-10,12-13,15-16H2,1-2H3/t18?,19-,22+/m0/s1. The zero-order valence-corrected chi connectivity index (χ0v) is 24.4. The molecular weight excluding hydrogens is 563 g/mol. The van der Waals surface area contributed by atoms with Crippen molar-refractivity contribution in [3.63, 3.8) is 0 Å². The van der Waals surface area contributed by atoms with E-state index in [4.69, 9.17) is 39.5 Å². The van der Waals surface area contributed by atoms with Crippen molar-refractivity contribution in [2.45, 2.75) is 45.1 Å². The molecule has 0 radical (unpaired) electrons. The molecule has 11 heteroatoms. The van der Waals surface area contributed by atoms with Crippen molar-refractivity contribution < 1.29 is 19.1 Å². The van der Waals surface area contributed by atoms with E-state index in [0.29, 0.717) is 55.5 Å². The maximum atomic E-state index is 13.7. The first-order valence-electron chi connectivity index (χ1n) is 13.4. The fraction of sp³-hybridized carbons (Fsp3) is 0.571. The fourth-order valence-corrected chi connectivity index (χ4v) is 6.46. The molecule has 5 rings (SSSR count). The van der Waals surface area contributed by atoms with E-state index in [9.17, 15) is 14.4 Å². The number of carbonyl (C=O) groups excluding carboxylic acids is 3. The number of carbonyl (C=O) groups is 3. The van der Waals surface area contributed by atoms with E-state index in [1.807, 2.05) is 28.9 Å². The van der Waals surface area contributed by atoms with Gasteiger partial charge in [0.15, 0.2) is 10.9 Å². The van der Waals surface area contributed by atoms with Gasteiger partial charge in [-0.3, -0.25) is 9.59 Å². The lowest BCUT2D eigenvalue weighted by molar-refractivity contribution is -0.142. The number of ether oxygens (including phenoxy) is 1. The molecule has 0 aromatic carbocycles. The van der Waals surface area contributed by atoms with E-state index in [1.165, 1.54) is 6.20 Å². The minimum absolute atomic E-state index is 0.00113. The van der Waals surface area contributed by atoms with Crippen molar-refractivity contribution in [1.29, 1.82) is 0 Å². The maximum Gasteiger partial charge on any atom is 0.415 e. The molecule has 4 aliphatic rings. The predicted molar refractivity (Wildman–Crippen MR) is 150 cm³/mol. The molecule has 1 unspecified atom stereocenters. The van der Waals surface area contributed by atoms with Gasteiger partial charge in [0, 0.05) is 56.7 Å². The molecule has 3 amide bonds. The first-order chi connectivity index (χ1) is 18.6. The van der Waals surface area contributed by atoms with Crippen LogP contribution in [0.15, 0.2) is 40.5 Å². The molecule has 2 saturated heterocycles. The molecule has 39 heavy (non-hydrogen) atoms. The molecule has 3 heterocycles. The van der Waals surface area contributed by atoms with Crippen LogP contribution in [0, 0.1) is 23.2 Å². The second-order valence-electron chi connectivity index (χ2n) is 11.3. The summed E-state index contributed by atoms with van der Waals surface area (Å²) in [5.41, 5.74) is -0.197. The normalized spacial score (nSPS) is 26.5. The van der Waals surface area contributed by atoms with Gasteiger partial charge in [-0.2, -0.15) is 0 Å². The number of likely N-dealkylation sites (N-methyl/N-ethyl adjacent to an activating group) is 1. The zero-order valence-electron chi connectivity index (χ0n) is 22.1. The van der Waals surface area contributed by atoms with Crippen LogP contribution in [0.4, 0.5) is 4.79 Å². The van der Waals surface area contributed by atoms with Crippen LogP contribution in [-0.2, 0) is 9.59 Å². The van der Waals surface area contributed by atoms with Crippen molar-refractivity contribution in [2.24, 2.45) is 23.2 Å². The third-order valence-corrected chi connectivity index (χ3v) is 9.78. The fourth-order valence-electron chi connectivity index (χ4n) is 5.91. The second-order valence-corrected chi connectivity index (χ2v) is 12.5. The zero-order chi connectivity index (χ0) is 27.9. The third kappa shape index (κ3) is 5.93. The molecule has 0 bridgehead atoms. The number of piperidine rings is 1. The number of amides is 3. The van der Waals surface area contributed by atoms with Gasteiger partial charge in [0.2, 0.25) is 11.8 Å². The summed E-state index contributed by atoms with van der Waals surface area (Å²) < 4.78 is 5.55. The van der Waals surface area contributed by atoms with E-state index in [2.05, 4.69) is 4.98 Å². The van der Waals surface area contributed by atoms with Gasteiger partial charge in [0.05, 0.1) is 16.1 Å². The Hall–Kier alpha value is -2.29. The molecule has 1 aromatic rings. The van der Waals surface area contributed by atoms with Crippen molar-refractivity contribution in [1.82, 2.24) is 19.7 Å². The molecule has 1 aromatic heterocycles. The van der Waals surface area contributed by atoms with Crippen molar-refractivity contribution >= 4 is 52.7 Å². The second kappa shape index (κ2) is 11.3. The van der Waals surface area contributed by atoms with E-state index >= 15 is 0 Å². The summed E-state index contributed by atoms with van der Waals surface area (Å²) in [5, 5.41) is 1.09. The Morgan fingerprint density at radius 2 is 1.79 bits per heavy atom. The molecule has 8 nitrogen and oxygen atoms in total. The molecule has 1 saturated carbocycles. The molecular formula is C28H33Cl3N4O4. The summed E-state index contributed by atoms with van der Waals surface area (Å²) >= 11 is 18.7. The van der Waals surface area contributed by atoms with Crippen LogP contribution in [-0.4, -0.2) is 76.9 Å². The number of hydrogen-bond acceptors (Lipinski definition) is 5. The number of aromatic nitrogens is 1. The largest absolute Gasteiger partial charge is 0.415 e. The highest BCUT2D eigenvalue weighted by molar-refractivity contribution is 6.44. The number of likely N-dealkylation sites (tertiary alicyclic amines) is 2. The first kappa shape index (κ1) is 28.2. The Bertz CT molecular complexity index is 1210. The lowest BCUT2D eigenvalue weighted by Gasteiger charge is -2.34. The lowest BCUT2D eigenvalue weighted by Crippen LogP contribution is -2.47. The lowest BCUT2D eigenvalue weighted by atomic mass is 9.83. The Balaban J connectivity index is 1.28. The average Bonchev–Trinajstić information content (AvgIpc) is 3.53. The van der Waals surface area contributed by atoms with E-state index in [0.717, 1.165) is 12.8 Å². The molecule has 210 valence electrons. The molecule has 3 atom stereocenters. The van der Waals surface area contributed by atoms with Gasteiger partial charge in [-0.1, -0.05) is 53.9 Å². The van der Waals surface area contributed by atoms with E-state index < -0.39 is 6.09 Å². The number of hydrogen-bond donors (Lipinski definition) is 0. The summed E-state index contributed by atoms with van der Waals surface area (Å²) in [4.78, 5) is 48.9. The van der Waals surface area contributed by atoms with Crippen LogP contribution >= 0.6 is 34.8 Å². The Morgan fingerprint density at radius 3 is 2.44 bits per heavy atom. The van der Waals surface area contributed by atoms with Crippen LogP contribution < -0.4 is 4.74 Å². The Labute approximate surface area is 243 Å². The van der Waals surface area contributed by atoms with Gasteiger partial charge in [-0.05, 0) is 50.2 Å². The summed E-state index contributed by atoms with van der Waals surface area (Å²) in [6.07, 6.45) is 8.61. The Morgan fingerprint density at radius 1 is 1.08 bits per heavy atom. The van der Waals surface area contributed by atoms with Crippen molar-refractivity contribution in [2.75, 3.05) is 33.2 Å². The smallest absolute Gasteiger partial charge is 0.407 e. The first-order valence-corrected chi connectivity index (χ1v) is 14.6.